The number of hydrogen-bond acceptors (Lipinski definition) is 5. The molecule has 0 saturated carbocycles. The molecular weight excluding hydrogens is 370 g/mol. The van der Waals surface area contributed by atoms with Crippen LogP contribution in [0.15, 0.2) is 71.2 Å². The molecule has 1 heterocycles. The van der Waals surface area contributed by atoms with E-state index in [2.05, 4.69) is 16.1 Å². The molecule has 0 bridgehead atoms. The normalized spacial score (nSPS) is 11.6. The first-order valence-electron chi connectivity index (χ1n) is 7.93. The molecule has 0 atom stereocenters. The Hall–Kier alpha value is -2.29. The highest BCUT2D eigenvalue weighted by Gasteiger charge is 2.10. The zero-order valence-corrected chi connectivity index (χ0v) is 15.7. The lowest BCUT2D eigenvalue weighted by molar-refractivity contribution is 0.343. The first-order chi connectivity index (χ1) is 12.5. The molecule has 0 aliphatic rings. The van der Waals surface area contributed by atoms with Gasteiger partial charge in [0.1, 0.15) is 5.75 Å². The number of nitrogens with two attached hydrogens (primary N) is 1. The summed E-state index contributed by atoms with van der Waals surface area (Å²) in [6.07, 6.45) is 1.85. The number of primary sulfonamides is 1. The van der Waals surface area contributed by atoms with Crippen LogP contribution in [0.5, 0.6) is 5.75 Å². The van der Waals surface area contributed by atoms with Crippen molar-refractivity contribution >= 4 is 32.8 Å². The largest absolute Gasteiger partial charge is 0.493 e. The second-order valence-corrected chi connectivity index (χ2v) is 8.12. The number of hydrogen-bond donors (Lipinski definition) is 1. The molecule has 26 heavy (non-hydrogen) atoms. The SMILES string of the molecule is C=CCn1c(SCCOc2ccc(S(N)(=O)=O)cc2)nc2ccccc21. The van der Waals surface area contributed by atoms with Crippen LogP contribution in [0.2, 0.25) is 0 Å². The smallest absolute Gasteiger partial charge is 0.238 e. The molecule has 0 radical (unpaired) electrons. The molecule has 0 amide bonds. The van der Waals surface area contributed by atoms with Crippen LogP contribution >= 0.6 is 11.8 Å². The second-order valence-electron chi connectivity index (χ2n) is 5.50. The van der Waals surface area contributed by atoms with Gasteiger partial charge in [0, 0.05) is 12.3 Å². The van der Waals surface area contributed by atoms with Gasteiger partial charge in [-0.15, -0.1) is 6.58 Å². The highest BCUT2D eigenvalue weighted by atomic mass is 32.2. The second kappa shape index (κ2) is 7.94. The average Bonchev–Trinajstić information content (AvgIpc) is 2.97. The number of aromatic nitrogens is 2. The van der Waals surface area contributed by atoms with Crippen molar-refractivity contribution in [3.05, 3.63) is 61.2 Å². The third-order valence-corrected chi connectivity index (χ3v) is 5.54. The molecule has 0 fully saturated rings. The number of rotatable bonds is 8. The Kier molecular flexibility index (Phi) is 5.65. The lowest BCUT2D eigenvalue weighted by Crippen LogP contribution is -2.11. The highest BCUT2D eigenvalue weighted by Crippen LogP contribution is 2.24. The molecule has 8 heteroatoms. The summed E-state index contributed by atoms with van der Waals surface area (Å²) >= 11 is 1.60. The minimum Gasteiger partial charge on any atom is -0.493 e. The number of thioether (sulfide) groups is 1. The van der Waals surface area contributed by atoms with Crippen LogP contribution in [0, 0.1) is 0 Å². The first-order valence-corrected chi connectivity index (χ1v) is 10.5. The summed E-state index contributed by atoms with van der Waals surface area (Å²) in [5.74, 6) is 1.30. The van der Waals surface area contributed by atoms with Gasteiger partial charge in [0.05, 0.1) is 22.5 Å². The standard InChI is InChI=1S/C18H19N3O3S2/c1-2-11-21-17-6-4-3-5-16(17)20-18(21)25-13-12-24-14-7-9-15(10-8-14)26(19,22)23/h2-10H,1,11-13H2,(H2,19,22,23). The van der Waals surface area contributed by atoms with Gasteiger partial charge in [0.25, 0.3) is 0 Å². The summed E-state index contributed by atoms with van der Waals surface area (Å²) in [6, 6.07) is 14.0. The van der Waals surface area contributed by atoms with Gasteiger partial charge in [-0.2, -0.15) is 0 Å². The average molecular weight is 390 g/mol. The van der Waals surface area contributed by atoms with Crippen LogP contribution in [0.3, 0.4) is 0 Å². The van der Waals surface area contributed by atoms with Gasteiger partial charge >= 0.3 is 0 Å². The van der Waals surface area contributed by atoms with Crippen molar-refractivity contribution < 1.29 is 13.2 Å². The molecule has 136 valence electrons. The van der Waals surface area contributed by atoms with Crippen molar-refractivity contribution in [1.29, 1.82) is 0 Å². The van der Waals surface area contributed by atoms with E-state index in [1.54, 1.807) is 23.9 Å². The van der Waals surface area contributed by atoms with Crippen molar-refractivity contribution in [2.75, 3.05) is 12.4 Å². The molecule has 2 aromatic carbocycles. The maximum atomic E-state index is 11.2. The van der Waals surface area contributed by atoms with Gasteiger partial charge in [-0.3, -0.25) is 0 Å². The fourth-order valence-electron chi connectivity index (χ4n) is 2.49. The van der Waals surface area contributed by atoms with Crippen molar-refractivity contribution in [2.45, 2.75) is 16.6 Å². The van der Waals surface area contributed by atoms with Crippen molar-refractivity contribution in [3.63, 3.8) is 0 Å². The van der Waals surface area contributed by atoms with Crippen molar-refractivity contribution in [2.24, 2.45) is 5.14 Å². The summed E-state index contributed by atoms with van der Waals surface area (Å²) in [6.45, 7) is 4.97. The molecule has 0 spiro atoms. The quantitative estimate of drug-likeness (QED) is 0.363. The van der Waals surface area contributed by atoms with Gasteiger partial charge < -0.3 is 9.30 Å². The van der Waals surface area contributed by atoms with Crippen LogP contribution in [0.4, 0.5) is 0 Å². The first kappa shape index (κ1) is 18.5. The summed E-state index contributed by atoms with van der Waals surface area (Å²) in [4.78, 5) is 4.72. The summed E-state index contributed by atoms with van der Waals surface area (Å²) in [7, 11) is -3.68. The number of nitrogens with zero attached hydrogens (tertiary/aromatic N) is 2. The Morgan fingerprint density at radius 1 is 1.19 bits per heavy atom. The van der Waals surface area contributed by atoms with Gasteiger partial charge in [0.15, 0.2) is 5.16 Å². The van der Waals surface area contributed by atoms with Gasteiger partial charge in [-0.1, -0.05) is 30.0 Å². The lowest BCUT2D eigenvalue weighted by atomic mass is 10.3. The predicted molar refractivity (Wildman–Crippen MR) is 104 cm³/mol. The van der Waals surface area contributed by atoms with E-state index in [4.69, 9.17) is 9.88 Å². The minimum absolute atomic E-state index is 0.0670. The Bertz CT molecular complexity index is 1010. The van der Waals surface area contributed by atoms with E-state index >= 15 is 0 Å². The van der Waals surface area contributed by atoms with E-state index in [1.165, 1.54) is 12.1 Å². The minimum atomic E-state index is -3.68. The maximum Gasteiger partial charge on any atom is 0.238 e. The van der Waals surface area contributed by atoms with Gasteiger partial charge in [-0.25, -0.2) is 18.5 Å². The van der Waals surface area contributed by atoms with E-state index < -0.39 is 10.0 Å². The molecule has 0 unspecified atom stereocenters. The number of sulfonamides is 1. The number of ether oxygens (including phenoxy) is 1. The fourth-order valence-corrected chi connectivity index (χ4v) is 3.84. The molecule has 0 aliphatic carbocycles. The van der Waals surface area contributed by atoms with E-state index in [0.29, 0.717) is 24.7 Å². The van der Waals surface area contributed by atoms with E-state index in [-0.39, 0.29) is 4.90 Å². The van der Waals surface area contributed by atoms with E-state index in [9.17, 15) is 8.42 Å². The molecular formula is C18H19N3O3S2. The Balaban J connectivity index is 1.61. The number of para-hydroxylation sites is 2. The highest BCUT2D eigenvalue weighted by molar-refractivity contribution is 7.99. The molecule has 6 nitrogen and oxygen atoms in total. The number of allylic oxidation sites excluding steroid dienone is 1. The lowest BCUT2D eigenvalue weighted by Gasteiger charge is -2.08. The maximum absolute atomic E-state index is 11.2. The van der Waals surface area contributed by atoms with Crippen molar-refractivity contribution in [3.8, 4) is 5.75 Å². The van der Waals surface area contributed by atoms with Crippen LogP contribution in [-0.4, -0.2) is 30.3 Å². The van der Waals surface area contributed by atoms with Crippen LogP contribution in [0.25, 0.3) is 11.0 Å². The number of benzene rings is 2. The van der Waals surface area contributed by atoms with Crippen LogP contribution in [-0.2, 0) is 16.6 Å². The van der Waals surface area contributed by atoms with Crippen LogP contribution in [0.1, 0.15) is 0 Å². The van der Waals surface area contributed by atoms with Gasteiger partial charge in [-0.05, 0) is 36.4 Å². The molecule has 3 rings (SSSR count). The zero-order valence-electron chi connectivity index (χ0n) is 14.0. The van der Waals surface area contributed by atoms with Crippen LogP contribution < -0.4 is 9.88 Å². The summed E-state index contributed by atoms with van der Waals surface area (Å²) < 4.78 is 30.3. The third-order valence-electron chi connectivity index (χ3n) is 3.67. The molecule has 3 aromatic rings. The molecule has 0 saturated heterocycles. The Labute approximate surface area is 156 Å². The van der Waals surface area contributed by atoms with Crippen molar-refractivity contribution in [1.82, 2.24) is 9.55 Å². The monoisotopic (exact) mass is 389 g/mol. The number of fused-ring (bicyclic) bond motifs is 1. The van der Waals surface area contributed by atoms with E-state index in [0.717, 1.165) is 16.2 Å². The summed E-state index contributed by atoms with van der Waals surface area (Å²) in [5, 5.41) is 5.99. The van der Waals surface area contributed by atoms with Gasteiger partial charge in [0.2, 0.25) is 10.0 Å². The third kappa shape index (κ3) is 4.27. The number of imidazole rings is 1. The molecule has 2 N–H and O–H groups in total. The molecule has 1 aromatic heterocycles. The summed E-state index contributed by atoms with van der Waals surface area (Å²) in [5.41, 5.74) is 2.03. The Morgan fingerprint density at radius 3 is 2.62 bits per heavy atom. The fraction of sp³-hybridized carbons (Fsp3) is 0.167. The topological polar surface area (TPSA) is 87.2 Å². The van der Waals surface area contributed by atoms with E-state index in [1.807, 2.05) is 30.3 Å². The zero-order chi connectivity index (χ0) is 18.6. The molecule has 0 aliphatic heterocycles. The Morgan fingerprint density at radius 2 is 1.92 bits per heavy atom. The predicted octanol–water partition coefficient (Wildman–Crippen LogP) is 3.04.